The zero-order chi connectivity index (χ0) is 22.1. The van der Waals surface area contributed by atoms with E-state index in [4.69, 9.17) is 0 Å². The Bertz CT molecular complexity index is 1100. The minimum absolute atomic E-state index is 0.104. The summed E-state index contributed by atoms with van der Waals surface area (Å²) in [5.74, 6) is 2.73. The third-order valence-electron chi connectivity index (χ3n) is 6.99. The van der Waals surface area contributed by atoms with Crippen LogP contribution in [-0.4, -0.2) is 29.6 Å². The molecule has 0 amide bonds. The Morgan fingerprint density at radius 2 is 1.78 bits per heavy atom. The summed E-state index contributed by atoms with van der Waals surface area (Å²) in [6.45, 7) is 6.45. The number of hydrogen-bond donors (Lipinski definition) is 0. The van der Waals surface area contributed by atoms with Crippen LogP contribution in [-0.2, 0) is 0 Å². The first kappa shape index (κ1) is 21.2. The average Bonchev–Trinajstić information content (AvgIpc) is 2.74. The van der Waals surface area contributed by atoms with Gasteiger partial charge in [-0.3, -0.25) is 4.98 Å². The third kappa shape index (κ3) is 4.06. The molecular formula is C27H29N3OS. The standard InChI is InChI=1S/C27H29N3OS/c1-19-5-3-4-6-24(19)25(14-26(29-31)22-11-12-28-20(2)13-22)21-7-9-23(10-8-21)30-15-27(16-30)17-32-18-27/h3-13,25-26H,14-18H2,1-2H3/t25-,26?/m1/s1. The first-order valence-corrected chi connectivity index (χ1v) is 12.5. The average molecular weight is 444 g/mol. The van der Waals surface area contributed by atoms with Gasteiger partial charge in [0.25, 0.3) is 0 Å². The number of anilines is 1. The van der Waals surface area contributed by atoms with Gasteiger partial charge in [-0.05, 0) is 66.8 Å². The smallest absolute Gasteiger partial charge is 0.118 e. The molecule has 1 aromatic heterocycles. The van der Waals surface area contributed by atoms with Crippen LogP contribution in [0.3, 0.4) is 0 Å². The molecule has 2 fully saturated rings. The summed E-state index contributed by atoms with van der Waals surface area (Å²) in [6.07, 6.45) is 2.40. The van der Waals surface area contributed by atoms with Crippen molar-refractivity contribution >= 4 is 17.4 Å². The predicted molar refractivity (Wildman–Crippen MR) is 134 cm³/mol. The van der Waals surface area contributed by atoms with Crippen LogP contribution in [0.2, 0.25) is 0 Å². The molecule has 4 nitrogen and oxygen atoms in total. The Morgan fingerprint density at radius 1 is 1.03 bits per heavy atom. The summed E-state index contributed by atoms with van der Waals surface area (Å²) < 4.78 is 0. The molecule has 5 heteroatoms. The fourth-order valence-electron chi connectivity index (χ4n) is 5.10. The first-order chi connectivity index (χ1) is 15.6. The van der Waals surface area contributed by atoms with Gasteiger partial charge in [-0.15, -0.1) is 0 Å². The maximum absolute atomic E-state index is 11.9. The van der Waals surface area contributed by atoms with Crippen molar-refractivity contribution in [2.75, 3.05) is 29.5 Å². The minimum Gasteiger partial charge on any atom is -0.370 e. The van der Waals surface area contributed by atoms with Crippen LogP contribution in [0, 0.1) is 24.2 Å². The van der Waals surface area contributed by atoms with Crippen molar-refractivity contribution in [2.45, 2.75) is 32.2 Å². The summed E-state index contributed by atoms with van der Waals surface area (Å²) in [7, 11) is 0. The van der Waals surface area contributed by atoms with Crippen LogP contribution in [0.1, 0.15) is 46.3 Å². The molecule has 2 aliphatic heterocycles. The quantitative estimate of drug-likeness (QED) is 0.403. The molecule has 3 aromatic rings. The minimum atomic E-state index is -0.410. The summed E-state index contributed by atoms with van der Waals surface area (Å²) in [6, 6.07) is 20.9. The Balaban J connectivity index is 1.42. The molecular weight excluding hydrogens is 414 g/mol. The number of aromatic nitrogens is 1. The zero-order valence-electron chi connectivity index (χ0n) is 18.7. The van der Waals surface area contributed by atoms with Gasteiger partial charge in [-0.25, -0.2) is 0 Å². The molecule has 0 bridgehead atoms. The van der Waals surface area contributed by atoms with E-state index in [1.54, 1.807) is 6.20 Å². The van der Waals surface area contributed by atoms with E-state index in [9.17, 15) is 4.91 Å². The van der Waals surface area contributed by atoms with Crippen molar-refractivity contribution in [3.05, 3.63) is 99.7 Å². The predicted octanol–water partition coefficient (Wildman–Crippen LogP) is 6.28. The van der Waals surface area contributed by atoms with Crippen molar-refractivity contribution in [2.24, 2.45) is 10.6 Å². The Labute approximate surface area is 194 Å². The summed E-state index contributed by atoms with van der Waals surface area (Å²) in [4.78, 5) is 18.7. The number of thioether (sulfide) groups is 1. The lowest BCUT2D eigenvalue weighted by Crippen LogP contribution is -2.63. The molecule has 2 saturated heterocycles. The molecule has 164 valence electrons. The second-order valence-electron chi connectivity index (χ2n) is 9.44. The topological polar surface area (TPSA) is 45.6 Å². The monoisotopic (exact) mass is 443 g/mol. The van der Waals surface area contributed by atoms with Gasteiger partial charge < -0.3 is 4.90 Å². The molecule has 0 N–H and O–H groups in total. The van der Waals surface area contributed by atoms with Gasteiger partial charge in [0.15, 0.2) is 0 Å². The number of hydrogen-bond acceptors (Lipinski definition) is 5. The molecule has 5 rings (SSSR count). The van der Waals surface area contributed by atoms with Crippen molar-refractivity contribution in [1.29, 1.82) is 0 Å². The molecule has 1 spiro atoms. The fraction of sp³-hybridized carbons (Fsp3) is 0.370. The lowest BCUT2D eigenvalue weighted by molar-refractivity contribution is 0.273. The lowest BCUT2D eigenvalue weighted by Gasteiger charge is -2.56. The number of nitrogens with zero attached hydrogens (tertiary/aromatic N) is 3. The lowest BCUT2D eigenvalue weighted by atomic mass is 9.81. The van der Waals surface area contributed by atoms with Crippen molar-refractivity contribution in [3.8, 4) is 0 Å². The largest absolute Gasteiger partial charge is 0.370 e. The van der Waals surface area contributed by atoms with Gasteiger partial charge in [-0.2, -0.15) is 16.7 Å². The second-order valence-corrected chi connectivity index (χ2v) is 10.4. The van der Waals surface area contributed by atoms with Crippen LogP contribution in [0.5, 0.6) is 0 Å². The highest BCUT2D eigenvalue weighted by atomic mass is 32.2. The van der Waals surface area contributed by atoms with Crippen LogP contribution in [0.25, 0.3) is 0 Å². The second kappa shape index (κ2) is 8.70. The van der Waals surface area contributed by atoms with E-state index in [1.807, 2.05) is 19.1 Å². The van der Waals surface area contributed by atoms with Crippen molar-refractivity contribution < 1.29 is 0 Å². The van der Waals surface area contributed by atoms with Crippen LogP contribution in [0.4, 0.5) is 5.69 Å². The molecule has 32 heavy (non-hydrogen) atoms. The van der Waals surface area contributed by atoms with Gasteiger partial charge >= 0.3 is 0 Å². The first-order valence-electron chi connectivity index (χ1n) is 11.3. The maximum atomic E-state index is 11.9. The van der Waals surface area contributed by atoms with Crippen molar-refractivity contribution in [3.63, 3.8) is 0 Å². The normalized spacial score (nSPS) is 18.5. The molecule has 0 aliphatic carbocycles. The fourth-order valence-corrected chi connectivity index (χ4v) is 6.24. The molecule has 3 heterocycles. The number of pyridine rings is 1. The number of aryl methyl sites for hydroxylation is 2. The van der Waals surface area contributed by atoms with Crippen LogP contribution in [0.15, 0.2) is 72.0 Å². The molecule has 0 saturated carbocycles. The van der Waals surface area contributed by atoms with Gasteiger partial charge in [0.1, 0.15) is 6.04 Å². The highest BCUT2D eigenvalue weighted by Crippen LogP contribution is 2.47. The SMILES string of the molecule is Cc1cc(C(C[C@H](c2ccc(N3CC4(CSC4)C3)cc2)c2ccccc2C)N=O)ccn1. The highest BCUT2D eigenvalue weighted by Gasteiger charge is 2.48. The van der Waals surface area contributed by atoms with E-state index < -0.39 is 6.04 Å². The maximum Gasteiger partial charge on any atom is 0.118 e. The van der Waals surface area contributed by atoms with E-state index >= 15 is 0 Å². The summed E-state index contributed by atoms with van der Waals surface area (Å²) >= 11 is 2.06. The highest BCUT2D eigenvalue weighted by molar-refractivity contribution is 8.00. The van der Waals surface area contributed by atoms with E-state index in [-0.39, 0.29) is 5.92 Å². The Kier molecular flexibility index (Phi) is 5.76. The summed E-state index contributed by atoms with van der Waals surface area (Å²) in [5, 5.41) is 3.53. The van der Waals surface area contributed by atoms with Gasteiger partial charge in [0, 0.05) is 53.5 Å². The summed E-state index contributed by atoms with van der Waals surface area (Å²) in [5.41, 5.74) is 7.46. The number of rotatable bonds is 7. The third-order valence-corrected chi connectivity index (χ3v) is 8.62. The molecule has 2 aromatic carbocycles. The van der Waals surface area contributed by atoms with Crippen LogP contribution >= 0.6 is 11.8 Å². The Hall–Kier alpha value is -2.66. The van der Waals surface area contributed by atoms with Crippen molar-refractivity contribution in [1.82, 2.24) is 4.98 Å². The Morgan fingerprint density at radius 3 is 2.41 bits per heavy atom. The van der Waals surface area contributed by atoms with Crippen LogP contribution < -0.4 is 4.90 Å². The van der Waals surface area contributed by atoms with E-state index in [0.29, 0.717) is 11.8 Å². The van der Waals surface area contributed by atoms with E-state index in [2.05, 4.69) is 82.3 Å². The number of benzene rings is 2. The van der Waals surface area contributed by atoms with Gasteiger partial charge in [0.2, 0.25) is 0 Å². The van der Waals surface area contributed by atoms with E-state index in [0.717, 1.165) is 11.3 Å². The molecule has 2 atom stereocenters. The number of nitroso groups, excluding NO2 is 1. The zero-order valence-corrected chi connectivity index (χ0v) is 19.5. The van der Waals surface area contributed by atoms with Gasteiger partial charge in [-0.1, -0.05) is 41.6 Å². The van der Waals surface area contributed by atoms with E-state index in [1.165, 1.54) is 47.0 Å². The molecule has 0 radical (unpaired) electrons. The molecule has 2 aliphatic rings. The molecule has 1 unspecified atom stereocenters. The van der Waals surface area contributed by atoms with Gasteiger partial charge in [0.05, 0.1) is 0 Å².